The number of hydrogen-bond donors (Lipinski definition) is 2. The van der Waals surface area contributed by atoms with Gasteiger partial charge in [0.1, 0.15) is 0 Å². The number of hydrazine groups is 1. The van der Waals surface area contributed by atoms with E-state index in [4.69, 9.17) is 10.6 Å². The molecule has 0 aliphatic heterocycles. The summed E-state index contributed by atoms with van der Waals surface area (Å²) in [6.45, 7) is 0. The fourth-order valence-electron chi connectivity index (χ4n) is 2.42. The molecule has 0 amide bonds. The standard InChI is InChI=1S/C16H16N4O/c1-21-16-13(5-3-9-19-16)15(20-17)12-7-6-11-4-2-8-18-14(11)10-12/h2-10,15,20H,17H2,1H3. The van der Waals surface area contributed by atoms with Crippen molar-refractivity contribution >= 4 is 10.9 Å². The number of nitrogens with two attached hydrogens (primary N) is 1. The van der Waals surface area contributed by atoms with Crippen molar-refractivity contribution in [2.24, 2.45) is 5.84 Å². The molecule has 0 saturated carbocycles. The fraction of sp³-hybridized carbons (Fsp3) is 0.125. The van der Waals surface area contributed by atoms with E-state index in [-0.39, 0.29) is 6.04 Å². The molecule has 1 unspecified atom stereocenters. The van der Waals surface area contributed by atoms with Gasteiger partial charge in [-0.05, 0) is 23.8 Å². The maximum absolute atomic E-state index is 5.75. The topological polar surface area (TPSA) is 73.1 Å². The molecule has 106 valence electrons. The fourth-order valence-corrected chi connectivity index (χ4v) is 2.42. The molecule has 0 bridgehead atoms. The molecule has 0 aliphatic carbocycles. The lowest BCUT2D eigenvalue weighted by molar-refractivity contribution is 0.387. The first-order valence-electron chi connectivity index (χ1n) is 6.63. The summed E-state index contributed by atoms with van der Waals surface area (Å²) >= 11 is 0. The molecule has 5 heteroatoms. The number of nitrogens with zero attached hydrogens (tertiary/aromatic N) is 2. The summed E-state index contributed by atoms with van der Waals surface area (Å²) < 4.78 is 5.31. The van der Waals surface area contributed by atoms with Crippen LogP contribution in [0, 0.1) is 0 Å². The molecule has 21 heavy (non-hydrogen) atoms. The van der Waals surface area contributed by atoms with Crippen LogP contribution in [0.2, 0.25) is 0 Å². The zero-order valence-electron chi connectivity index (χ0n) is 11.7. The second-order valence-corrected chi connectivity index (χ2v) is 4.66. The van der Waals surface area contributed by atoms with Crippen LogP contribution in [0.5, 0.6) is 5.88 Å². The van der Waals surface area contributed by atoms with E-state index >= 15 is 0 Å². The molecule has 2 heterocycles. The highest BCUT2D eigenvalue weighted by Crippen LogP contribution is 2.29. The summed E-state index contributed by atoms with van der Waals surface area (Å²) in [6.07, 6.45) is 3.47. The van der Waals surface area contributed by atoms with Crippen molar-refractivity contribution in [3.8, 4) is 5.88 Å². The maximum atomic E-state index is 5.75. The molecule has 2 aromatic heterocycles. The zero-order chi connectivity index (χ0) is 14.7. The van der Waals surface area contributed by atoms with Crippen molar-refractivity contribution in [1.82, 2.24) is 15.4 Å². The minimum atomic E-state index is -0.208. The van der Waals surface area contributed by atoms with Gasteiger partial charge in [-0.15, -0.1) is 0 Å². The van der Waals surface area contributed by atoms with Gasteiger partial charge in [-0.1, -0.05) is 24.3 Å². The number of fused-ring (bicyclic) bond motifs is 1. The van der Waals surface area contributed by atoms with Crippen molar-refractivity contribution < 1.29 is 4.74 Å². The van der Waals surface area contributed by atoms with Crippen molar-refractivity contribution in [2.45, 2.75) is 6.04 Å². The Kier molecular flexibility index (Phi) is 3.77. The van der Waals surface area contributed by atoms with Crippen LogP contribution in [-0.2, 0) is 0 Å². The number of methoxy groups -OCH3 is 1. The van der Waals surface area contributed by atoms with E-state index in [2.05, 4.69) is 15.4 Å². The van der Waals surface area contributed by atoms with Crippen LogP contribution in [0.4, 0.5) is 0 Å². The molecular weight excluding hydrogens is 264 g/mol. The molecule has 0 fully saturated rings. The Morgan fingerprint density at radius 3 is 2.71 bits per heavy atom. The van der Waals surface area contributed by atoms with Crippen molar-refractivity contribution in [3.63, 3.8) is 0 Å². The summed E-state index contributed by atoms with van der Waals surface area (Å²) in [5.74, 6) is 6.31. The van der Waals surface area contributed by atoms with Crippen molar-refractivity contribution in [1.29, 1.82) is 0 Å². The lowest BCUT2D eigenvalue weighted by atomic mass is 9.99. The Labute approximate surface area is 122 Å². The lowest BCUT2D eigenvalue weighted by Crippen LogP contribution is -2.29. The molecule has 3 aromatic rings. The number of nitrogens with one attached hydrogen (secondary N) is 1. The monoisotopic (exact) mass is 280 g/mol. The van der Waals surface area contributed by atoms with E-state index in [1.165, 1.54) is 0 Å². The number of hydrogen-bond acceptors (Lipinski definition) is 5. The summed E-state index contributed by atoms with van der Waals surface area (Å²) in [6, 6.07) is 13.6. The first-order valence-corrected chi connectivity index (χ1v) is 6.63. The molecule has 1 atom stereocenters. The Morgan fingerprint density at radius 1 is 1.10 bits per heavy atom. The molecule has 0 saturated heterocycles. The lowest BCUT2D eigenvalue weighted by Gasteiger charge is -2.19. The van der Waals surface area contributed by atoms with Crippen LogP contribution in [0.1, 0.15) is 17.2 Å². The Balaban J connectivity index is 2.09. The minimum Gasteiger partial charge on any atom is -0.481 e. The van der Waals surface area contributed by atoms with Crippen LogP contribution >= 0.6 is 0 Å². The average Bonchev–Trinajstić information content (AvgIpc) is 2.56. The van der Waals surface area contributed by atoms with E-state index in [0.29, 0.717) is 5.88 Å². The van der Waals surface area contributed by atoms with Gasteiger partial charge in [0.15, 0.2) is 0 Å². The molecule has 3 N–H and O–H groups in total. The normalized spacial score (nSPS) is 12.3. The van der Waals surface area contributed by atoms with Gasteiger partial charge in [0, 0.05) is 23.3 Å². The highest BCUT2D eigenvalue weighted by atomic mass is 16.5. The quantitative estimate of drug-likeness (QED) is 0.566. The van der Waals surface area contributed by atoms with Gasteiger partial charge >= 0.3 is 0 Å². The number of rotatable bonds is 4. The molecule has 5 nitrogen and oxygen atoms in total. The number of benzene rings is 1. The Morgan fingerprint density at radius 2 is 1.90 bits per heavy atom. The third-order valence-electron chi connectivity index (χ3n) is 3.43. The summed E-state index contributed by atoms with van der Waals surface area (Å²) in [5, 5.41) is 1.09. The number of pyridine rings is 2. The molecule has 3 rings (SSSR count). The van der Waals surface area contributed by atoms with Crippen LogP contribution in [-0.4, -0.2) is 17.1 Å². The Bertz CT molecular complexity index is 760. The van der Waals surface area contributed by atoms with E-state index in [9.17, 15) is 0 Å². The summed E-state index contributed by atoms with van der Waals surface area (Å²) in [5.41, 5.74) is 5.65. The molecular formula is C16H16N4O. The van der Waals surface area contributed by atoms with Gasteiger partial charge < -0.3 is 4.74 Å². The SMILES string of the molecule is COc1ncccc1C(NN)c1ccc2cccnc2c1. The van der Waals surface area contributed by atoms with Crippen LogP contribution < -0.4 is 16.0 Å². The molecule has 1 aromatic carbocycles. The van der Waals surface area contributed by atoms with Gasteiger partial charge in [-0.25, -0.2) is 10.4 Å². The minimum absolute atomic E-state index is 0.208. The largest absolute Gasteiger partial charge is 0.481 e. The van der Waals surface area contributed by atoms with E-state index in [1.54, 1.807) is 19.5 Å². The third kappa shape index (κ3) is 2.56. The first-order chi connectivity index (χ1) is 10.3. The highest BCUT2D eigenvalue weighted by molar-refractivity contribution is 5.79. The van der Waals surface area contributed by atoms with Gasteiger partial charge in [0.25, 0.3) is 0 Å². The second kappa shape index (κ2) is 5.87. The second-order valence-electron chi connectivity index (χ2n) is 4.66. The van der Waals surface area contributed by atoms with Crippen molar-refractivity contribution in [3.05, 3.63) is 66.0 Å². The smallest absolute Gasteiger partial charge is 0.218 e. The van der Waals surface area contributed by atoms with E-state index < -0.39 is 0 Å². The molecule has 0 spiro atoms. The van der Waals surface area contributed by atoms with Gasteiger partial charge in [-0.3, -0.25) is 10.8 Å². The maximum Gasteiger partial charge on any atom is 0.218 e. The van der Waals surface area contributed by atoms with Gasteiger partial charge in [0.05, 0.1) is 18.7 Å². The van der Waals surface area contributed by atoms with E-state index in [1.807, 2.05) is 42.5 Å². The number of ether oxygens (including phenoxy) is 1. The van der Waals surface area contributed by atoms with Gasteiger partial charge in [-0.2, -0.15) is 0 Å². The third-order valence-corrected chi connectivity index (χ3v) is 3.43. The van der Waals surface area contributed by atoms with Gasteiger partial charge in [0.2, 0.25) is 5.88 Å². The van der Waals surface area contributed by atoms with E-state index in [0.717, 1.165) is 22.0 Å². The molecule has 0 radical (unpaired) electrons. The highest BCUT2D eigenvalue weighted by Gasteiger charge is 2.18. The first kappa shape index (κ1) is 13.5. The number of aromatic nitrogens is 2. The predicted molar refractivity (Wildman–Crippen MR) is 81.7 cm³/mol. The average molecular weight is 280 g/mol. The van der Waals surface area contributed by atoms with Crippen LogP contribution in [0.3, 0.4) is 0 Å². The van der Waals surface area contributed by atoms with Crippen LogP contribution in [0.25, 0.3) is 10.9 Å². The summed E-state index contributed by atoms with van der Waals surface area (Å²) in [4.78, 5) is 8.60. The van der Waals surface area contributed by atoms with Crippen molar-refractivity contribution in [2.75, 3.05) is 7.11 Å². The zero-order valence-corrected chi connectivity index (χ0v) is 11.7. The Hall–Kier alpha value is -2.50. The van der Waals surface area contributed by atoms with Crippen LogP contribution in [0.15, 0.2) is 54.9 Å². The molecule has 0 aliphatic rings. The predicted octanol–water partition coefficient (Wildman–Crippen LogP) is 2.19. The summed E-state index contributed by atoms with van der Waals surface area (Å²) in [7, 11) is 1.60.